The molecule has 0 aromatic heterocycles. The van der Waals surface area contributed by atoms with Crippen LogP contribution >= 0.6 is 0 Å². The summed E-state index contributed by atoms with van der Waals surface area (Å²) >= 11 is 0. The van der Waals surface area contributed by atoms with Crippen LogP contribution < -0.4 is 5.32 Å². The minimum Gasteiger partial charge on any atom is -0.481 e. The average Bonchev–Trinajstić information content (AvgIpc) is 3.27. The number of hydrogen-bond acceptors (Lipinski definition) is 3. The van der Waals surface area contributed by atoms with E-state index in [9.17, 15) is 9.59 Å². The number of nitrogens with zero attached hydrogens (tertiary/aromatic N) is 1. The number of carboxylic acid groups (broad SMARTS) is 1. The molecule has 4 rings (SSSR count). The zero-order valence-corrected chi connectivity index (χ0v) is 15.7. The van der Waals surface area contributed by atoms with Gasteiger partial charge in [-0.2, -0.15) is 0 Å². The summed E-state index contributed by atoms with van der Waals surface area (Å²) in [5.74, 6) is 0.917. The highest BCUT2D eigenvalue weighted by Crippen LogP contribution is 2.55. The summed E-state index contributed by atoms with van der Waals surface area (Å²) in [7, 11) is 1.75. The molecule has 2 bridgehead atoms. The van der Waals surface area contributed by atoms with Crippen molar-refractivity contribution in [2.75, 3.05) is 13.7 Å². The molecule has 0 radical (unpaired) electrons. The van der Waals surface area contributed by atoms with Crippen LogP contribution in [0.25, 0.3) is 0 Å². The van der Waals surface area contributed by atoms with Gasteiger partial charge >= 0.3 is 12.0 Å². The monoisotopic (exact) mass is 372 g/mol. The molecular weight excluding hydrogens is 344 g/mol. The highest BCUT2D eigenvalue weighted by Gasteiger charge is 2.60. The Kier molecular flexibility index (Phi) is 5.08. The number of benzene rings is 1. The summed E-state index contributed by atoms with van der Waals surface area (Å²) in [4.78, 5) is 26.1. The minimum absolute atomic E-state index is 0.0508. The van der Waals surface area contributed by atoms with Gasteiger partial charge in [0, 0.05) is 26.1 Å². The zero-order chi connectivity index (χ0) is 19.0. The number of ether oxygens (including phenoxy) is 1. The molecule has 6 atom stereocenters. The zero-order valence-electron chi connectivity index (χ0n) is 15.7. The maximum Gasteiger partial charge on any atom is 0.317 e. The number of rotatable bonds is 7. The minimum atomic E-state index is -0.834. The predicted octanol–water partition coefficient (Wildman–Crippen LogP) is 2.53. The molecule has 1 heterocycles. The van der Waals surface area contributed by atoms with Crippen LogP contribution in [0.2, 0.25) is 0 Å². The van der Waals surface area contributed by atoms with Crippen molar-refractivity contribution >= 4 is 12.0 Å². The van der Waals surface area contributed by atoms with Gasteiger partial charge in [-0.15, -0.1) is 0 Å². The molecule has 3 aliphatic rings. The van der Waals surface area contributed by atoms with Crippen molar-refractivity contribution in [1.82, 2.24) is 10.2 Å². The smallest absolute Gasteiger partial charge is 0.317 e. The summed E-state index contributed by atoms with van der Waals surface area (Å²) in [5.41, 5.74) is 1.10. The molecule has 1 aromatic carbocycles. The third kappa shape index (κ3) is 3.55. The van der Waals surface area contributed by atoms with Gasteiger partial charge in [0.25, 0.3) is 0 Å². The van der Waals surface area contributed by atoms with Gasteiger partial charge in [0.05, 0.1) is 12.1 Å². The van der Waals surface area contributed by atoms with Gasteiger partial charge < -0.3 is 20.1 Å². The summed E-state index contributed by atoms with van der Waals surface area (Å²) in [5, 5.41) is 12.2. The average molecular weight is 372 g/mol. The van der Waals surface area contributed by atoms with Gasteiger partial charge in [-0.3, -0.25) is 4.79 Å². The topological polar surface area (TPSA) is 78.9 Å². The second kappa shape index (κ2) is 7.50. The number of aliphatic carboxylic acids is 1. The number of fused-ring (bicyclic) bond motifs is 1. The Bertz CT molecular complexity index is 693. The van der Waals surface area contributed by atoms with E-state index in [0.29, 0.717) is 30.6 Å². The van der Waals surface area contributed by atoms with E-state index in [0.717, 1.165) is 18.5 Å². The van der Waals surface area contributed by atoms with Gasteiger partial charge in [0.15, 0.2) is 0 Å². The number of likely N-dealkylation sites (tertiary alicyclic amines) is 1. The van der Waals surface area contributed by atoms with Crippen molar-refractivity contribution in [2.24, 2.45) is 17.8 Å². The third-order valence-electron chi connectivity index (χ3n) is 6.71. The van der Waals surface area contributed by atoms with E-state index in [4.69, 9.17) is 9.84 Å². The molecule has 1 saturated heterocycles. The van der Waals surface area contributed by atoms with E-state index < -0.39 is 5.97 Å². The van der Waals surface area contributed by atoms with Crippen molar-refractivity contribution < 1.29 is 19.4 Å². The molecule has 6 unspecified atom stereocenters. The number of carboxylic acids is 1. The molecular formula is C21H28N2O4. The number of urea groups is 1. The lowest BCUT2D eigenvalue weighted by molar-refractivity contribution is -0.137. The fourth-order valence-corrected chi connectivity index (χ4v) is 5.63. The van der Waals surface area contributed by atoms with Gasteiger partial charge in [0.2, 0.25) is 0 Å². The Morgan fingerprint density at radius 2 is 2.04 bits per heavy atom. The molecule has 27 heavy (non-hydrogen) atoms. The molecule has 146 valence electrons. The molecule has 1 aromatic rings. The lowest BCUT2D eigenvalue weighted by Gasteiger charge is -2.32. The van der Waals surface area contributed by atoms with Crippen LogP contribution in [0, 0.1) is 17.8 Å². The van der Waals surface area contributed by atoms with Crippen LogP contribution in [0.5, 0.6) is 0 Å². The normalized spacial score (nSPS) is 31.9. The predicted molar refractivity (Wildman–Crippen MR) is 100 cm³/mol. The quantitative estimate of drug-likeness (QED) is 0.771. The van der Waals surface area contributed by atoms with Crippen LogP contribution in [0.3, 0.4) is 0 Å². The van der Waals surface area contributed by atoms with E-state index in [2.05, 4.69) is 5.32 Å². The van der Waals surface area contributed by atoms with Gasteiger partial charge in [-0.1, -0.05) is 30.3 Å². The van der Waals surface area contributed by atoms with Crippen LogP contribution in [-0.2, 0) is 16.0 Å². The van der Waals surface area contributed by atoms with E-state index >= 15 is 0 Å². The SMILES string of the molecule is COC1C2CC3CN(C(=O)NC(CCC(=O)O)Cc4ccccc4)C1C3C2. The fraction of sp³-hybridized carbons (Fsp3) is 0.619. The van der Waals surface area contributed by atoms with E-state index in [1.807, 2.05) is 35.2 Å². The first-order valence-corrected chi connectivity index (χ1v) is 9.92. The third-order valence-corrected chi connectivity index (χ3v) is 6.71. The first kappa shape index (κ1) is 18.3. The second-order valence-electron chi connectivity index (χ2n) is 8.27. The van der Waals surface area contributed by atoms with E-state index in [-0.39, 0.29) is 30.6 Å². The summed E-state index contributed by atoms with van der Waals surface area (Å²) in [6, 6.07) is 9.83. The molecule has 2 N–H and O–H groups in total. The van der Waals surface area contributed by atoms with Crippen molar-refractivity contribution in [3.05, 3.63) is 35.9 Å². The Labute approximate surface area is 159 Å². The van der Waals surface area contributed by atoms with Crippen LogP contribution in [0.1, 0.15) is 31.2 Å². The first-order valence-electron chi connectivity index (χ1n) is 9.92. The molecule has 6 heteroatoms. The van der Waals surface area contributed by atoms with Gasteiger partial charge in [0.1, 0.15) is 0 Å². The van der Waals surface area contributed by atoms with Crippen molar-refractivity contribution in [3.8, 4) is 0 Å². The number of amides is 2. The fourth-order valence-electron chi connectivity index (χ4n) is 5.63. The largest absolute Gasteiger partial charge is 0.481 e. The number of carbonyl (C=O) groups is 2. The number of methoxy groups -OCH3 is 1. The van der Waals surface area contributed by atoms with Crippen molar-refractivity contribution in [3.63, 3.8) is 0 Å². The van der Waals surface area contributed by atoms with Crippen molar-refractivity contribution in [2.45, 2.75) is 50.3 Å². The molecule has 2 saturated carbocycles. The molecule has 2 amide bonds. The van der Waals surface area contributed by atoms with Gasteiger partial charge in [-0.05, 0) is 49.0 Å². The molecule has 3 fully saturated rings. The van der Waals surface area contributed by atoms with Crippen LogP contribution in [-0.4, -0.2) is 53.8 Å². The van der Waals surface area contributed by atoms with Crippen LogP contribution in [0.15, 0.2) is 30.3 Å². The second-order valence-corrected chi connectivity index (χ2v) is 8.27. The Balaban J connectivity index is 1.44. The highest BCUT2D eigenvalue weighted by molar-refractivity contribution is 5.76. The first-order chi connectivity index (χ1) is 13.1. The lowest BCUT2D eigenvalue weighted by Crippen LogP contribution is -2.51. The van der Waals surface area contributed by atoms with E-state index in [1.165, 1.54) is 6.42 Å². The standard InChI is InChI=1S/C21H28N2O4/c1-27-20-14-10-15-12-23(19(20)17(15)11-14)21(26)22-16(7-8-18(24)25)9-13-5-3-2-4-6-13/h2-6,14-17,19-20H,7-12H2,1H3,(H,22,26)(H,24,25). The maximum absolute atomic E-state index is 13.1. The summed E-state index contributed by atoms with van der Waals surface area (Å²) in [6.07, 6.45) is 3.60. The van der Waals surface area contributed by atoms with Crippen LogP contribution in [0.4, 0.5) is 4.79 Å². The Hall–Kier alpha value is -2.08. The van der Waals surface area contributed by atoms with E-state index in [1.54, 1.807) is 7.11 Å². The maximum atomic E-state index is 13.1. The number of carbonyl (C=O) groups excluding carboxylic acids is 1. The lowest BCUT2D eigenvalue weighted by atomic mass is 9.88. The highest BCUT2D eigenvalue weighted by atomic mass is 16.5. The molecule has 2 aliphatic carbocycles. The molecule has 1 aliphatic heterocycles. The molecule has 6 nitrogen and oxygen atoms in total. The Morgan fingerprint density at radius 3 is 2.74 bits per heavy atom. The number of nitrogens with one attached hydrogen (secondary N) is 1. The number of hydrogen-bond donors (Lipinski definition) is 2. The summed E-state index contributed by atoms with van der Waals surface area (Å²) in [6.45, 7) is 0.800. The van der Waals surface area contributed by atoms with Crippen molar-refractivity contribution in [1.29, 1.82) is 0 Å². The summed E-state index contributed by atoms with van der Waals surface area (Å²) < 4.78 is 5.74. The Morgan fingerprint density at radius 1 is 1.26 bits per heavy atom. The van der Waals surface area contributed by atoms with Gasteiger partial charge in [-0.25, -0.2) is 4.79 Å². The molecule has 0 spiro atoms.